The highest BCUT2D eigenvalue weighted by Crippen LogP contribution is 2.36. The number of carbonyl (C=O) groups excluding carboxylic acids is 1. The molecule has 1 aromatic carbocycles. The predicted molar refractivity (Wildman–Crippen MR) is 107 cm³/mol. The number of amides is 1. The number of nitrogens with zero attached hydrogens (tertiary/aromatic N) is 2. The number of aliphatic imine (C=N–C) groups is 1. The Morgan fingerprint density at radius 2 is 2.15 bits per heavy atom. The molecule has 2 atom stereocenters. The summed E-state index contributed by atoms with van der Waals surface area (Å²) in [5, 5.41) is 0. The van der Waals surface area contributed by atoms with E-state index in [0.29, 0.717) is 18.3 Å². The van der Waals surface area contributed by atoms with Crippen molar-refractivity contribution in [2.75, 3.05) is 7.05 Å². The van der Waals surface area contributed by atoms with Gasteiger partial charge in [-0.05, 0) is 36.8 Å². The maximum Gasteiger partial charge on any atom is 0.231 e. The van der Waals surface area contributed by atoms with Crippen molar-refractivity contribution in [1.82, 2.24) is 4.90 Å². The number of guanidine groups is 1. The molecule has 0 bridgehead atoms. The van der Waals surface area contributed by atoms with Crippen LogP contribution < -0.4 is 5.73 Å². The topological polar surface area (TPSA) is 58.7 Å². The fraction of sp³-hybridized carbons (Fsp3) is 0.455. The molecule has 138 valence electrons. The van der Waals surface area contributed by atoms with Crippen LogP contribution in [-0.2, 0) is 10.3 Å². The van der Waals surface area contributed by atoms with E-state index in [9.17, 15) is 4.79 Å². The quantitative estimate of drug-likeness (QED) is 0.888. The van der Waals surface area contributed by atoms with Crippen molar-refractivity contribution in [3.8, 4) is 0 Å². The van der Waals surface area contributed by atoms with E-state index in [0.717, 1.165) is 18.4 Å². The van der Waals surface area contributed by atoms with E-state index in [1.165, 1.54) is 16.0 Å². The third-order valence-electron chi connectivity index (χ3n) is 5.33. The lowest BCUT2D eigenvalue weighted by atomic mass is 9.83. The first-order valence-corrected chi connectivity index (χ1v) is 9.38. The zero-order chi connectivity index (χ0) is 18.9. The molecule has 1 aliphatic carbocycles. The second-order valence-electron chi connectivity index (χ2n) is 8.08. The molecule has 0 spiro atoms. The van der Waals surface area contributed by atoms with Gasteiger partial charge in [0.1, 0.15) is 0 Å². The van der Waals surface area contributed by atoms with Crippen LogP contribution in [0.3, 0.4) is 0 Å². The molecule has 0 radical (unpaired) electrons. The Hall–Kier alpha value is -2.36. The van der Waals surface area contributed by atoms with Gasteiger partial charge in [0, 0.05) is 13.0 Å². The number of rotatable bonds is 4. The fourth-order valence-corrected chi connectivity index (χ4v) is 3.71. The van der Waals surface area contributed by atoms with Gasteiger partial charge in [-0.2, -0.15) is 0 Å². The molecular formula is C22H29N3O. The summed E-state index contributed by atoms with van der Waals surface area (Å²) in [5.41, 5.74) is 9.10. The minimum atomic E-state index is -0.597. The van der Waals surface area contributed by atoms with Crippen molar-refractivity contribution in [2.45, 2.75) is 51.5 Å². The number of allylic oxidation sites excluding steroid dienone is 4. The van der Waals surface area contributed by atoms with Crippen LogP contribution in [0.25, 0.3) is 0 Å². The summed E-state index contributed by atoms with van der Waals surface area (Å²) < 4.78 is 0. The zero-order valence-corrected chi connectivity index (χ0v) is 16.2. The monoisotopic (exact) mass is 351 g/mol. The first-order valence-electron chi connectivity index (χ1n) is 9.38. The molecule has 1 aromatic rings. The Kier molecular flexibility index (Phi) is 5.03. The van der Waals surface area contributed by atoms with E-state index in [-0.39, 0.29) is 11.9 Å². The molecule has 0 saturated carbocycles. The number of benzene rings is 1. The number of nitrogens with two attached hydrogens (primary N) is 1. The molecule has 26 heavy (non-hydrogen) atoms. The van der Waals surface area contributed by atoms with Crippen molar-refractivity contribution < 1.29 is 4.79 Å². The summed E-state index contributed by atoms with van der Waals surface area (Å²) in [6.45, 7) is 6.49. The van der Waals surface area contributed by atoms with Crippen LogP contribution in [0, 0.1) is 5.92 Å². The molecule has 3 rings (SSSR count). The molecule has 4 heteroatoms. The molecule has 2 N–H and O–H groups in total. The maximum absolute atomic E-state index is 12.3. The molecule has 1 amide bonds. The average Bonchev–Trinajstić information content (AvgIpc) is 2.60. The lowest BCUT2D eigenvalue weighted by molar-refractivity contribution is -0.128. The normalized spacial score (nSPS) is 26.1. The smallest absolute Gasteiger partial charge is 0.231 e. The van der Waals surface area contributed by atoms with E-state index in [1.807, 2.05) is 13.0 Å². The van der Waals surface area contributed by atoms with Crippen LogP contribution >= 0.6 is 0 Å². The van der Waals surface area contributed by atoms with Crippen molar-refractivity contribution in [3.63, 3.8) is 0 Å². The lowest BCUT2D eigenvalue weighted by Gasteiger charge is -2.34. The number of hydrogen-bond donors (Lipinski definition) is 1. The summed E-state index contributed by atoms with van der Waals surface area (Å²) in [6.07, 6.45) is 9.41. The molecular weight excluding hydrogens is 322 g/mol. The van der Waals surface area contributed by atoms with E-state index in [1.54, 1.807) is 7.05 Å². The van der Waals surface area contributed by atoms with Crippen LogP contribution in [0.5, 0.6) is 0 Å². The fourth-order valence-electron chi connectivity index (χ4n) is 3.71. The second-order valence-corrected chi connectivity index (χ2v) is 8.08. The summed E-state index contributed by atoms with van der Waals surface area (Å²) in [6, 6.07) is 8.45. The van der Waals surface area contributed by atoms with Gasteiger partial charge in [-0.15, -0.1) is 0 Å². The van der Waals surface area contributed by atoms with Gasteiger partial charge in [-0.25, -0.2) is 4.99 Å². The Morgan fingerprint density at radius 3 is 2.77 bits per heavy atom. The van der Waals surface area contributed by atoms with Crippen LogP contribution in [0.4, 0.5) is 0 Å². The lowest BCUT2D eigenvalue weighted by Crippen LogP contribution is -2.47. The van der Waals surface area contributed by atoms with E-state index in [2.05, 4.69) is 55.3 Å². The third kappa shape index (κ3) is 3.74. The van der Waals surface area contributed by atoms with Crippen molar-refractivity contribution in [3.05, 3.63) is 59.2 Å². The number of hydrogen-bond acceptors (Lipinski definition) is 3. The Labute approximate surface area is 156 Å². The summed E-state index contributed by atoms with van der Waals surface area (Å²) >= 11 is 0. The van der Waals surface area contributed by atoms with Gasteiger partial charge in [0.15, 0.2) is 5.96 Å². The highest BCUT2D eigenvalue weighted by atomic mass is 16.2. The van der Waals surface area contributed by atoms with E-state index in [4.69, 9.17) is 5.73 Å². The molecule has 1 aliphatic heterocycles. The van der Waals surface area contributed by atoms with E-state index >= 15 is 0 Å². The van der Waals surface area contributed by atoms with Crippen molar-refractivity contribution in [1.29, 1.82) is 0 Å². The van der Waals surface area contributed by atoms with Gasteiger partial charge in [-0.1, -0.05) is 61.9 Å². The highest BCUT2D eigenvalue weighted by molar-refractivity contribution is 5.98. The summed E-state index contributed by atoms with van der Waals surface area (Å²) in [4.78, 5) is 18.3. The van der Waals surface area contributed by atoms with Crippen LogP contribution in [-0.4, -0.2) is 23.8 Å². The molecule has 2 aliphatic rings. The molecule has 1 heterocycles. The van der Waals surface area contributed by atoms with Crippen LogP contribution in [0.1, 0.15) is 57.1 Å². The van der Waals surface area contributed by atoms with Crippen molar-refractivity contribution in [2.24, 2.45) is 16.6 Å². The molecule has 4 nitrogen and oxygen atoms in total. The molecule has 0 fully saturated rings. The SMILES string of the molecule is CC(C)CC1=CCC(c2cccc(C3(C)CC(=O)N(C)C(N)=N3)c2)C=C1. The largest absolute Gasteiger partial charge is 0.369 e. The van der Waals surface area contributed by atoms with E-state index < -0.39 is 5.54 Å². The standard InChI is InChI=1S/C22H29N3O/c1-15(2)12-16-8-10-17(11-9-16)18-6-5-7-19(13-18)22(3)14-20(26)25(4)21(23)24-22/h5-10,13,15,17H,11-12,14H2,1-4H3,(H2,23,24). The van der Waals surface area contributed by atoms with Gasteiger partial charge in [-0.3, -0.25) is 9.69 Å². The molecule has 2 unspecified atom stereocenters. The summed E-state index contributed by atoms with van der Waals surface area (Å²) in [5.74, 6) is 1.34. The predicted octanol–water partition coefficient (Wildman–Crippen LogP) is 4.09. The molecule has 0 saturated heterocycles. The Balaban J connectivity index is 1.83. The first-order chi connectivity index (χ1) is 12.3. The Morgan fingerprint density at radius 1 is 1.38 bits per heavy atom. The Bertz CT molecular complexity index is 790. The first kappa shape index (κ1) is 18.4. The van der Waals surface area contributed by atoms with Gasteiger partial charge < -0.3 is 5.73 Å². The third-order valence-corrected chi connectivity index (χ3v) is 5.33. The van der Waals surface area contributed by atoms with Gasteiger partial charge in [0.05, 0.1) is 12.0 Å². The molecule has 0 aromatic heterocycles. The second kappa shape index (κ2) is 7.10. The van der Waals surface area contributed by atoms with Crippen LogP contribution in [0.2, 0.25) is 0 Å². The summed E-state index contributed by atoms with van der Waals surface area (Å²) in [7, 11) is 1.67. The average molecular weight is 351 g/mol. The minimum absolute atomic E-state index is 0.00391. The van der Waals surface area contributed by atoms with Gasteiger partial charge >= 0.3 is 0 Å². The van der Waals surface area contributed by atoms with Crippen molar-refractivity contribution >= 4 is 11.9 Å². The van der Waals surface area contributed by atoms with Gasteiger partial charge in [0.25, 0.3) is 0 Å². The highest BCUT2D eigenvalue weighted by Gasteiger charge is 2.36. The van der Waals surface area contributed by atoms with Gasteiger partial charge in [0.2, 0.25) is 5.91 Å². The number of carbonyl (C=O) groups is 1. The van der Waals surface area contributed by atoms with Crippen LogP contribution in [0.15, 0.2) is 53.1 Å². The maximum atomic E-state index is 12.3. The zero-order valence-electron chi connectivity index (χ0n) is 16.2. The minimum Gasteiger partial charge on any atom is -0.369 e.